The highest BCUT2D eigenvalue weighted by Crippen LogP contribution is 2.16. The van der Waals surface area contributed by atoms with Crippen LogP contribution in [0.2, 0.25) is 0 Å². The Balaban J connectivity index is 2.40. The van der Waals surface area contributed by atoms with Crippen molar-refractivity contribution in [2.45, 2.75) is 6.92 Å². The van der Waals surface area contributed by atoms with Crippen LogP contribution in [0.25, 0.3) is 6.08 Å². The second kappa shape index (κ2) is 6.27. The molecule has 0 atom stereocenters. The van der Waals surface area contributed by atoms with Crippen molar-refractivity contribution in [1.82, 2.24) is 0 Å². The molecule has 0 aliphatic carbocycles. The molecule has 0 saturated carbocycles. The fraction of sp³-hybridized carbons (Fsp3) is 0.0588. The van der Waals surface area contributed by atoms with Crippen molar-refractivity contribution in [2.75, 3.05) is 0 Å². The SMILES string of the molecule is CC=Cc1cc(F)c(C#Cc2ccc(F)c(F)c2)c(F)c1. The predicted octanol–water partition coefficient (Wildman–Crippen LogP) is 4.68. The fourth-order valence-corrected chi connectivity index (χ4v) is 1.71. The van der Waals surface area contributed by atoms with Crippen LogP contribution in [-0.4, -0.2) is 0 Å². The molecular weight excluding hydrogens is 280 g/mol. The molecule has 4 heteroatoms. The van der Waals surface area contributed by atoms with Gasteiger partial charge < -0.3 is 0 Å². The minimum Gasteiger partial charge on any atom is -0.205 e. The van der Waals surface area contributed by atoms with Gasteiger partial charge in [-0.1, -0.05) is 24.0 Å². The highest BCUT2D eigenvalue weighted by Gasteiger charge is 2.08. The Morgan fingerprint density at radius 1 is 0.810 bits per heavy atom. The first kappa shape index (κ1) is 14.9. The zero-order valence-corrected chi connectivity index (χ0v) is 11.1. The number of benzene rings is 2. The van der Waals surface area contributed by atoms with Crippen molar-refractivity contribution >= 4 is 6.08 Å². The van der Waals surface area contributed by atoms with Gasteiger partial charge in [0.2, 0.25) is 0 Å². The Morgan fingerprint density at radius 3 is 2.05 bits per heavy atom. The average Bonchev–Trinajstić information content (AvgIpc) is 2.42. The van der Waals surface area contributed by atoms with E-state index >= 15 is 0 Å². The standard InChI is InChI=1S/C17H10F4/c1-2-3-12-9-15(19)13(16(20)10-12)6-4-11-5-7-14(18)17(21)8-11/h2-3,5,7-10H,1H3. The topological polar surface area (TPSA) is 0 Å². The molecule has 0 saturated heterocycles. The molecule has 0 aliphatic rings. The van der Waals surface area contributed by atoms with Crippen LogP contribution < -0.4 is 0 Å². The van der Waals surface area contributed by atoms with E-state index in [-0.39, 0.29) is 5.56 Å². The average molecular weight is 290 g/mol. The smallest absolute Gasteiger partial charge is 0.160 e. The maximum absolute atomic E-state index is 13.8. The minimum absolute atomic E-state index is 0.130. The van der Waals surface area contributed by atoms with Gasteiger partial charge in [0.25, 0.3) is 0 Å². The Kier molecular flexibility index (Phi) is 4.44. The van der Waals surface area contributed by atoms with Gasteiger partial charge in [0.05, 0.1) is 5.56 Å². The number of hydrogen-bond acceptors (Lipinski definition) is 0. The highest BCUT2D eigenvalue weighted by atomic mass is 19.2. The molecular formula is C17H10F4. The van der Waals surface area contributed by atoms with Crippen LogP contribution in [-0.2, 0) is 0 Å². The van der Waals surface area contributed by atoms with Crippen molar-refractivity contribution in [2.24, 2.45) is 0 Å². The highest BCUT2D eigenvalue weighted by molar-refractivity contribution is 5.53. The molecule has 0 nitrogen and oxygen atoms in total. The van der Waals surface area contributed by atoms with Crippen LogP contribution in [0, 0.1) is 35.1 Å². The molecule has 0 heterocycles. The van der Waals surface area contributed by atoms with Gasteiger partial charge in [-0.15, -0.1) is 0 Å². The molecule has 0 fully saturated rings. The van der Waals surface area contributed by atoms with E-state index < -0.39 is 28.8 Å². The summed E-state index contributed by atoms with van der Waals surface area (Å²) in [5, 5.41) is 0. The Labute approximate surface area is 119 Å². The molecule has 0 aliphatic heterocycles. The molecule has 0 spiro atoms. The third-order valence-corrected chi connectivity index (χ3v) is 2.67. The van der Waals surface area contributed by atoms with Gasteiger partial charge in [-0.25, -0.2) is 17.6 Å². The molecule has 0 amide bonds. The van der Waals surface area contributed by atoms with Crippen molar-refractivity contribution in [3.05, 3.63) is 76.4 Å². The van der Waals surface area contributed by atoms with Gasteiger partial charge in [-0.2, -0.15) is 0 Å². The lowest BCUT2D eigenvalue weighted by atomic mass is 10.1. The lowest BCUT2D eigenvalue weighted by molar-refractivity contribution is 0.508. The number of allylic oxidation sites excluding steroid dienone is 1. The first-order valence-corrected chi connectivity index (χ1v) is 6.10. The van der Waals surface area contributed by atoms with Gasteiger partial charge in [-0.3, -0.25) is 0 Å². The van der Waals surface area contributed by atoms with E-state index in [9.17, 15) is 17.6 Å². The second-order valence-electron chi connectivity index (χ2n) is 4.24. The predicted molar refractivity (Wildman–Crippen MR) is 73.4 cm³/mol. The van der Waals surface area contributed by atoms with Crippen LogP contribution in [0.4, 0.5) is 17.6 Å². The molecule has 2 aromatic rings. The lowest BCUT2D eigenvalue weighted by Crippen LogP contribution is -1.92. The van der Waals surface area contributed by atoms with Gasteiger partial charge in [-0.05, 0) is 42.8 Å². The van der Waals surface area contributed by atoms with E-state index in [0.29, 0.717) is 5.56 Å². The molecule has 2 aromatic carbocycles. The quantitative estimate of drug-likeness (QED) is 0.528. The first-order valence-electron chi connectivity index (χ1n) is 6.10. The fourth-order valence-electron chi connectivity index (χ4n) is 1.71. The summed E-state index contributed by atoms with van der Waals surface area (Å²) >= 11 is 0. The van der Waals surface area contributed by atoms with Crippen LogP contribution in [0.3, 0.4) is 0 Å². The van der Waals surface area contributed by atoms with Gasteiger partial charge in [0, 0.05) is 5.56 Å². The summed E-state index contributed by atoms with van der Waals surface area (Å²) in [7, 11) is 0. The molecule has 0 aromatic heterocycles. The van der Waals surface area contributed by atoms with Crippen LogP contribution in [0.5, 0.6) is 0 Å². The normalized spacial score (nSPS) is 10.5. The summed E-state index contributed by atoms with van der Waals surface area (Å²) in [4.78, 5) is 0. The van der Waals surface area contributed by atoms with E-state index in [4.69, 9.17) is 0 Å². The van der Waals surface area contributed by atoms with E-state index in [1.165, 1.54) is 6.07 Å². The van der Waals surface area contributed by atoms with Crippen molar-refractivity contribution in [1.29, 1.82) is 0 Å². The van der Waals surface area contributed by atoms with Gasteiger partial charge >= 0.3 is 0 Å². The van der Waals surface area contributed by atoms with Crippen LogP contribution in [0.15, 0.2) is 36.4 Å². The molecule has 2 rings (SSSR count). The summed E-state index contributed by atoms with van der Waals surface area (Å²) in [6, 6.07) is 5.31. The van der Waals surface area contributed by atoms with Crippen molar-refractivity contribution < 1.29 is 17.6 Å². The Bertz CT molecular complexity index is 741. The van der Waals surface area contributed by atoms with Crippen molar-refractivity contribution in [3.63, 3.8) is 0 Å². The third-order valence-electron chi connectivity index (χ3n) is 2.67. The zero-order chi connectivity index (χ0) is 15.4. The summed E-state index contributed by atoms with van der Waals surface area (Å²) in [6.45, 7) is 1.73. The first-order chi connectivity index (χ1) is 10.0. The summed E-state index contributed by atoms with van der Waals surface area (Å²) < 4.78 is 53.3. The zero-order valence-electron chi connectivity index (χ0n) is 11.1. The molecule has 21 heavy (non-hydrogen) atoms. The van der Waals surface area contributed by atoms with E-state index in [1.54, 1.807) is 19.1 Å². The van der Waals surface area contributed by atoms with Crippen LogP contribution >= 0.6 is 0 Å². The number of rotatable bonds is 1. The molecule has 0 radical (unpaired) electrons. The Hall–Kier alpha value is -2.54. The van der Waals surface area contributed by atoms with E-state index in [1.807, 2.05) is 0 Å². The van der Waals surface area contributed by atoms with Gasteiger partial charge in [0.15, 0.2) is 11.6 Å². The number of hydrogen-bond donors (Lipinski definition) is 0. The second-order valence-corrected chi connectivity index (χ2v) is 4.24. The monoisotopic (exact) mass is 290 g/mol. The van der Waals surface area contributed by atoms with Crippen molar-refractivity contribution in [3.8, 4) is 11.8 Å². The maximum atomic E-state index is 13.8. The minimum atomic E-state index is -1.06. The summed E-state index contributed by atoms with van der Waals surface area (Å²) in [5.41, 5.74) is 0.101. The lowest BCUT2D eigenvalue weighted by Gasteiger charge is -2.00. The molecule has 0 N–H and O–H groups in total. The van der Waals surface area contributed by atoms with Gasteiger partial charge in [0.1, 0.15) is 11.6 Å². The largest absolute Gasteiger partial charge is 0.205 e. The molecule has 0 bridgehead atoms. The van der Waals surface area contributed by atoms with E-state index in [2.05, 4.69) is 11.8 Å². The summed E-state index contributed by atoms with van der Waals surface area (Å²) in [5.74, 6) is 1.02. The third kappa shape index (κ3) is 3.51. The summed E-state index contributed by atoms with van der Waals surface area (Å²) in [6.07, 6.45) is 3.21. The maximum Gasteiger partial charge on any atom is 0.160 e. The Morgan fingerprint density at radius 2 is 1.48 bits per heavy atom. The molecule has 0 unspecified atom stereocenters. The van der Waals surface area contributed by atoms with Crippen LogP contribution in [0.1, 0.15) is 23.6 Å². The van der Waals surface area contributed by atoms with E-state index in [0.717, 1.165) is 24.3 Å². The number of halogens is 4. The molecule has 106 valence electrons.